The Labute approximate surface area is 140 Å². The summed E-state index contributed by atoms with van der Waals surface area (Å²) in [7, 11) is 0. The zero-order valence-corrected chi connectivity index (χ0v) is 13.7. The molecule has 3 heterocycles. The van der Waals surface area contributed by atoms with Crippen LogP contribution in [0.2, 0.25) is 0 Å². The molecule has 4 unspecified atom stereocenters. The first-order valence-electron chi connectivity index (χ1n) is 5.96. The van der Waals surface area contributed by atoms with Crippen molar-refractivity contribution in [1.82, 2.24) is 14.5 Å². The van der Waals surface area contributed by atoms with Gasteiger partial charge in [-0.25, -0.2) is 0 Å². The number of aliphatic hydroxyl groups is 3. The first-order chi connectivity index (χ1) is 9.13. The minimum Gasteiger partial charge on any atom is -0.394 e. The molecular formula is C12H14N3O4Y-. The monoisotopic (exact) mass is 353 g/mol. The Bertz CT molecular complexity index is 605. The number of hydrogen-bond donors (Lipinski definition) is 3. The molecular weight excluding hydrogens is 339 g/mol. The molecule has 4 atom stereocenters. The van der Waals surface area contributed by atoms with Crippen LogP contribution in [0.5, 0.6) is 0 Å². The van der Waals surface area contributed by atoms with Gasteiger partial charge < -0.3 is 29.6 Å². The van der Waals surface area contributed by atoms with Gasteiger partial charge in [-0.05, 0) is 11.2 Å². The molecule has 0 aliphatic carbocycles. The second kappa shape index (κ2) is 6.13. The van der Waals surface area contributed by atoms with E-state index < -0.39 is 24.5 Å². The molecule has 0 amide bonds. The van der Waals surface area contributed by atoms with Gasteiger partial charge in [0.05, 0.1) is 12.9 Å². The van der Waals surface area contributed by atoms with E-state index in [4.69, 9.17) is 9.84 Å². The average molecular weight is 353 g/mol. The molecule has 1 radical (unpaired) electrons. The van der Waals surface area contributed by atoms with Crippen molar-refractivity contribution in [1.29, 1.82) is 0 Å². The SMILES string of the molecule is Cc1n[c-]cc2c1ncn2C1OC(CO)C(O)C1O.[Y]. The molecule has 1 aliphatic heterocycles. The van der Waals surface area contributed by atoms with Crippen LogP contribution in [-0.4, -0.2) is 54.8 Å². The number of nitrogens with zero attached hydrogens (tertiary/aromatic N) is 3. The number of aryl methyl sites for hydroxylation is 1. The molecule has 8 heteroatoms. The molecule has 1 saturated heterocycles. The van der Waals surface area contributed by atoms with Crippen LogP contribution < -0.4 is 0 Å². The topological polar surface area (TPSA) is 101 Å². The summed E-state index contributed by atoms with van der Waals surface area (Å²) < 4.78 is 7.08. The summed E-state index contributed by atoms with van der Waals surface area (Å²) in [5.41, 5.74) is 2.13. The van der Waals surface area contributed by atoms with E-state index in [9.17, 15) is 10.2 Å². The van der Waals surface area contributed by atoms with Gasteiger partial charge in [-0.3, -0.25) is 4.98 Å². The van der Waals surface area contributed by atoms with Gasteiger partial charge in [-0.2, -0.15) is 0 Å². The van der Waals surface area contributed by atoms with Crippen molar-refractivity contribution in [2.75, 3.05) is 6.61 Å². The largest absolute Gasteiger partial charge is 0.394 e. The second-order valence-corrected chi connectivity index (χ2v) is 4.59. The molecule has 1 aliphatic rings. The summed E-state index contributed by atoms with van der Waals surface area (Å²) in [6.45, 7) is 1.46. The maximum atomic E-state index is 10.00. The third-order valence-electron chi connectivity index (χ3n) is 3.40. The third kappa shape index (κ3) is 2.43. The average Bonchev–Trinajstić information content (AvgIpc) is 2.94. The summed E-state index contributed by atoms with van der Waals surface area (Å²) in [6.07, 6.45) is 0.432. The Hall–Kier alpha value is -0.436. The molecule has 2 aromatic heterocycles. The van der Waals surface area contributed by atoms with Crippen LogP contribution in [0.25, 0.3) is 11.0 Å². The molecule has 0 saturated carbocycles. The van der Waals surface area contributed by atoms with Crippen molar-refractivity contribution in [3.63, 3.8) is 0 Å². The fourth-order valence-corrected chi connectivity index (χ4v) is 2.35. The minimum atomic E-state index is -1.13. The van der Waals surface area contributed by atoms with E-state index in [1.807, 2.05) is 6.92 Å². The number of aromatic nitrogens is 3. The van der Waals surface area contributed by atoms with E-state index in [2.05, 4.69) is 16.2 Å². The van der Waals surface area contributed by atoms with E-state index in [0.29, 0.717) is 11.0 Å². The summed E-state index contributed by atoms with van der Waals surface area (Å²) in [5.74, 6) is 0. The van der Waals surface area contributed by atoms with Crippen molar-refractivity contribution >= 4 is 11.0 Å². The number of aliphatic hydroxyl groups excluding tert-OH is 3. The van der Waals surface area contributed by atoms with Crippen LogP contribution in [0.3, 0.4) is 0 Å². The van der Waals surface area contributed by atoms with E-state index in [0.717, 1.165) is 5.69 Å². The normalized spacial score (nSPS) is 29.6. The quantitative estimate of drug-likeness (QED) is 0.608. The molecule has 2 aromatic rings. The zero-order valence-electron chi connectivity index (χ0n) is 10.8. The van der Waals surface area contributed by atoms with E-state index in [1.165, 1.54) is 6.33 Å². The first-order valence-corrected chi connectivity index (χ1v) is 5.96. The van der Waals surface area contributed by atoms with Gasteiger partial charge in [0, 0.05) is 38.2 Å². The fraction of sp³-hybridized carbons (Fsp3) is 0.500. The standard InChI is InChI=1S/C12H14N3O4.Y/c1-6-9-7(2-3-13-6)15(5-14-9)12-11(18)10(17)8(4-16)19-12;/h2,5,8,10-12,16-18H,4H2,1H3;/q-1;. The van der Waals surface area contributed by atoms with Crippen molar-refractivity contribution in [3.8, 4) is 0 Å². The molecule has 105 valence electrons. The molecule has 3 N–H and O–H groups in total. The van der Waals surface area contributed by atoms with Gasteiger partial charge in [-0.15, -0.1) is 6.07 Å². The van der Waals surface area contributed by atoms with Crippen LogP contribution in [0.1, 0.15) is 11.9 Å². The van der Waals surface area contributed by atoms with Gasteiger partial charge in [-0.1, -0.05) is 13.1 Å². The van der Waals surface area contributed by atoms with Gasteiger partial charge in [0.1, 0.15) is 18.3 Å². The number of imidazole rings is 1. The van der Waals surface area contributed by atoms with Crippen molar-refractivity contribution in [2.45, 2.75) is 31.5 Å². The summed E-state index contributed by atoms with van der Waals surface area (Å²) >= 11 is 0. The number of ether oxygens (including phenoxy) is 1. The van der Waals surface area contributed by atoms with Crippen LogP contribution >= 0.6 is 0 Å². The van der Waals surface area contributed by atoms with Crippen LogP contribution in [0, 0.1) is 13.1 Å². The second-order valence-electron chi connectivity index (χ2n) is 4.59. The first kappa shape index (κ1) is 15.9. The summed E-state index contributed by atoms with van der Waals surface area (Å²) in [5, 5.41) is 28.9. The Kier molecular flexibility index (Phi) is 4.89. The van der Waals surface area contributed by atoms with E-state index in [1.54, 1.807) is 10.6 Å². The fourth-order valence-electron chi connectivity index (χ4n) is 2.35. The smallest absolute Gasteiger partial charge is 0.154 e. The summed E-state index contributed by atoms with van der Waals surface area (Å²) in [6, 6.07) is 1.64. The van der Waals surface area contributed by atoms with Crippen molar-refractivity contribution in [3.05, 3.63) is 24.3 Å². The summed E-state index contributed by atoms with van der Waals surface area (Å²) in [4.78, 5) is 8.24. The van der Waals surface area contributed by atoms with Gasteiger partial charge in [0.25, 0.3) is 0 Å². The predicted molar refractivity (Wildman–Crippen MR) is 64.1 cm³/mol. The molecule has 0 spiro atoms. The number of hydrogen-bond acceptors (Lipinski definition) is 6. The van der Waals surface area contributed by atoms with Gasteiger partial charge >= 0.3 is 0 Å². The van der Waals surface area contributed by atoms with Crippen LogP contribution in [-0.2, 0) is 37.4 Å². The minimum absolute atomic E-state index is 0. The van der Waals surface area contributed by atoms with Gasteiger partial charge in [0.15, 0.2) is 6.23 Å². The molecule has 20 heavy (non-hydrogen) atoms. The van der Waals surface area contributed by atoms with E-state index in [-0.39, 0.29) is 39.3 Å². The van der Waals surface area contributed by atoms with Crippen molar-refractivity contribution in [2.24, 2.45) is 0 Å². The number of rotatable bonds is 2. The Balaban J connectivity index is 0.00000147. The Morgan fingerprint density at radius 2 is 2.15 bits per heavy atom. The van der Waals surface area contributed by atoms with Gasteiger partial charge in [0.2, 0.25) is 0 Å². The van der Waals surface area contributed by atoms with Crippen LogP contribution in [0.15, 0.2) is 12.4 Å². The predicted octanol–water partition coefficient (Wildman–Crippen LogP) is -0.851. The zero-order chi connectivity index (χ0) is 13.6. The molecule has 3 rings (SSSR count). The van der Waals surface area contributed by atoms with Crippen LogP contribution in [0.4, 0.5) is 0 Å². The van der Waals surface area contributed by atoms with Crippen molar-refractivity contribution < 1.29 is 52.8 Å². The molecule has 0 aromatic carbocycles. The number of fused-ring (bicyclic) bond motifs is 1. The third-order valence-corrected chi connectivity index (χ3v) is 3.40. The Morgan fingerprint density at radius 1 is 1.40 bits per heavy atom. The number of pyridine rings is 1. The maximum Gasteiger partial charge on any atom is 0.154 e. The molecule has 7 nitrogen and oxygen atoms in total. The molecule has 0 bridgehead atoms. The molecule has 1 fully saturated rings. The van der Waals surface area contributed by atoms with E-state index >= 15 is 0 Å². The maximum absolute atomic E-state index is 10.00. The Morgan fingerprint density at radius 3 is 2.80 bits per heavy atom.